The fourth-order valence-corrected chi connectivity index (χ4v) is 3.92. The van der Waals surface area contributed by atoms with Gasteiger partial charge in [0.15, 0.2) is 0 Å². The molecule has 6 heteroatoms. The molecule has 0 fully saturated rings. The van der Waals surface area contributed by atoms with Gasteiger partial charge in [-0.05, 0) is 59.3 Å². The Morgan fingerprint density at radius 1 is 1.11 bits per heavy atom. The molecule has 1 heterocycles. The van der Waals surface area contributed by atoms with Gasteiger partial charge in [0.25, 0.3) is 0 Å². The number of carbonyl (C=O) groups excluding carboxylic acids is 1. The van der Waals surface area contributed by atoms with Crippen LogP contribution in [0.5, 0.6) is 11.5 Å². The third-order valence-electron chi connectivity index (χ3n) is 4.45. The lowest BCUT2D eigenvalue weighted by atomic mass is 10.0. The topological polar surface area (TPSA) is 47.6 Å². The summed E-state index contributed by atoms with van der Waals surface area (Å²) in [6.45, 7) is 0. The van der Waals surface area contributed by atoms with Crippen LogP contribution < -0.4 is 14.8 Å². The molecular weight excluding hydrogens is 394 g/mol. The monoisotopic (exact) mass is 415 g/mol. The van der Waals surface area contributed by atoms with Gasteiger partial charge in [-0.25, -0.2) is 0 Å². The van der Waals surface area contributed by atoms with E-state index in [1.165, 1.54) is 0 Å². The molecule has 4 nitrogen and oxygen atoms in total. The van der Waals surface area contributed by atoms with Gasteiger partial charge < -0.3 is 14.8 Å². The zero-order valence-electron chi connectivity index (χ0n) is 15.8. The summed E-state index contributed by atoms with van der Waals surface area (Å²) < 4.78 is 10.7. The molecule has 0 aliphatic rings. The minimum Gasteiger partial charge on any atom is -0.497 e. The Labute approximate surface area is 174 Å². The summed E-state index contributed by atoms with van der Waals surface area (Å²) in [6, 6.07) is 17.0. The van der Waals surface area contributed by atoms with E-state index < -0.39 is 0 Å². The Hall–Kier alpha value is -2.50. The van der Waals surface area contributed by atoms with Gasteiger partial charge in [0, 0.05) is 16.3 Å². The quantitative estimate of drug-likeness (QED) is 0.546. The number of methoxy groups -OCH3 is 2. The van der Waals surface area contributed by atoms with Gasteiger partial charge in [-0.3, -0.25) is 4.79 Å². The molecule has 1 atom stereocenters. The molecule has 0 spiro atoms. The van der Waals surface area contributed by atoms with Crippen LogP contribution in [0.25, 0.3) is 0 Å². The van der Waals surface area contributed by atoms with Crippen LogP contribution in [-0.4, -0.2) is 20.1 Å². The van der Waals surface area contributed by atoms with Gasteiger partial charge >= 0.3 is 0 Å². The van der Waals surface area contributed by atoms with E-state index in [4.69, 9.17) is 21.1 Å². The van der Waals surface area contributed by atoms with E-state index in [-0.39, 0.29) is 11.9 Å². The number of aryl methyl sites for hydroxylation is 1. The van der Waals surface area contributed by atoms with Crippen molar-refractivity contribution in [2.24, 2.45) is 0 Å². The second-order valence-electron chi connectivity index (χ2n) is 6.25. The van der Waals surface area contributed by atoms with Crippen molar-refractivity contribution in [1.29, 1.82) is 0 Å². The molecular formula is C22H22ClNO3S. The maximum Gasteiger partial charge on any atom is 0.221 e. The molecule has 0 saturated carbocycles. The van der Waals surface area contributed by atoms with Crippen molar-refractivity contribution < 1.29 is 14.3 Å². The molecule has 1 unspecified atom stereocenters. The van der Waals surface area contributed by atoms with E-state index in [2.05, 4.69) is 5.32 Å². The Kier molecular flexibility index (Phi) is 6.95. The highest BCUT2D eigenvalue weighted by Gasteiger charge is 2.18. The molecule has 0 aliphatic carbocycles. The summed E-state index contributed by atoms with van der Waals surface area (Å²) in [5.41, 5.74) is 1.94. The summed E-state index contributed by atoms with van der Waals surface area (Å²) in [7, 11) is 3.24. The van der Waals surface area contributed by atoms with Gasteiger partial charge in [-0.1, -0.05) is 29.8 Å². The van der Waals surface area contributed by atoms with E-state index in [0.717, 1.165) is 27.5 Å². The van der Waals surface area contributed by atoms with Crippen molar-refractivity contribution >= 4 is 28.8 Å². The first-order valence-corrected chi connectivity index (χ1v) is 10.2. The highest BCUT2D eigenvalue weighted by molar-refractivity contribution is 7.10. The lowest BCUT2D eigenvalue weighted by Gasteiger charge is -2.18. The van der Waals surface area contributed by atoms with E-state index in [1.807, 2.05) is 60.0 Å². The fourth-order valence-electron chi connectivity index (χ4n) is 2.99. The molecule has 146 valence electrons. The zero-order chi connectivity index (χ0) is 19.9. The van der Waals surface area contributed by atoms with Crippen LogP contribution in [0.15, 0.2) is 60.0 Å². The third kappa shape index (κ3) is 5.06. The van der Waals surface area contributed by atoms with Crippen molar-refractivity contribution in [3.63, 3.8) is 0 Å². The van der Waals surface area contributed by atoms with Crippen LogP contribution in [0.3, 0.4) is 0 Å². The Morgan fingerprint density at radius 3 is 2.54 bits per heavy atom. The summed E-state index contributed by atoms with van der Waals surface area (Å²) in [5.74, 6) is 1.47. The van der Waals surface area contributed by atoms with Gasteiger partial charge in [-0.2, -0.15) is 0 Å². The largest absolute Gasteiger partial charge is 0.497 e. The maximum atomic E-state index is 12.7. The van der Waals surface area contributed by atoms with Gasteiger partial charge in [0.1, 0.15) is 11.5 Å². The Balaban J connectivity index is 1.72. The van der Waals surface area contributed by atoms with Gasteiger partial charge in [0.2, 0.25) is 5.91 Å². The number of rotatable bonds is 8. The second-order valence-corrected chi connectivity index (χ2v) is 7.66. The van der Waals surface area contributed by atoms with Crippen LogP contribution >= 0.6 is 22.9 Å². The smallest absolute Gasteiger partial charge is 0.221 e. The number of hydrogen-bond donors (Lipinski definition) is 1. The van der Waals surface area contributed by atoms with Crippen LogP contribution in [-0.2, 0) is 11.2 Å². The minimum absolute atomic E-state index is 0.0294. The molecule has 1 N–H and O–H groups in total. The molecule has 3 rings (SSSR count). The van der Waals surface area contributed by atoms with E-state index in [0.29, 0.717) is 17.9 Å². The molecule has 28 heavy (non-hydrogen) atoms. The summed E-state index contributed by atoms with van der Waals surface area (Å²) >= 11 is 7.62. The third-order valence-corrected chi connectivity index (χ3v) is 5.63. The van der Waals surface area contributed by atoms with Crippen LogP contribution in [0.2, 0.25) is 5.02 Å². The SMILES string of the molecule is COc1ccc(OC)c(CCC(=O)NC(c2ccc(Cl)cc2)c2cccs2)c1. The minimum atomic E-state index is -0.197. The lowest BCUT2D eigenvalue weighted by molar-refractivity contribution is -0.121. The Morgan fingerprint density at radius 2 is 1.89 bits per heavy atom. The average Bonchev–Trinajstić information content (AvgIpc) is 3.25. The second kappa shape index (κ2) is 9.62. The summed E-state index contributed by atoms with van der Waals surface area (Å²) in [6.07, 6.45) is 0.906. The summed E-state index contributed by atoms with van der Waals surface area (Å²) in [5, 5.41) is 5.82. The standard InChI is InChI=1S/C22H22ClNO3S/c1-26-18-10-11-19(27-2)16(14-18)7-12-21(25)24-22(20-4-3-13-28-20)15-5-8-17(23)9-6-15/h3-6,8-11,13-14,22H,7,12H2,1-2H3,(H,24,25). The first-order valence-electron chi connectivity index (χ1n) is 8.90. The number of nitrogens with one attached hydrogen (secondary N) is 1. The van der Waals surface area contributed by atoms with Crippen molar-refractivity contribution in [3.05, 3.63) is 81.0 Å². The first-order chi connectivity index (χ1) is 13.6. The van der Waals surface area contributed by atoms with Crippen molar-refractivity contribution in [2.45, 2.75) is 18.9 Å². The number of halogens is 1. The van der Waals surface area contributed by atoms with E-state index in [1.54, 1.807) is 25.6 Å². The van der Waals surface area contributed by atoms with Crippen LogP contribution in [0, 0.1) is 0 Å². The highest BCUT2D eigenvalue weighted by Crippen LogP contribution is 2.28. The molecule has 3 aromatic rings. The number of ether oxygens (including phenoxy) is 2. The summed E-state index contributed by atoms with van der Waals surface area (Å²) in [4.78, 5) is 13.8. The van der Waals surface area contributed by atoms with E-state index >= 15 is 0 Å². The van der Waals surface area contributed by atoms with Gasteiger partial charge in [0.05, 0.1) is 20.3 Å². The Bertz CT molecular complexity index is 910. The number of amides is 1. The van der Waals surface area contributed by atoms with Crippen molar-refractivity contribution in [3.8, 4) is 11.5 Å². The highest BCUT2D eigenvalue weighted by atomic mass is 35.5. The fraction of sp³-hybridized carbons (Fsp3) is 0.227. The molecule has 0 bridgehead atoms. The number of carbonyl (C=O) groups is 1. The first kappa shape index (κ1) is 20.2. The van der Waals surface area contributed by atoms with Crippen molar-refractivity contribution in [1.82, 2.24) is 5.32 Å². The lowest BCUT2D eigenvalue weighted by Crippen LogP contribution is -2.29. The number of hydrogen-bond acceptors (Lipinski definition) is 4. The predicted molar refractivity (Wildman–Crippen MR) is 114 cm³/mol. The normalized spacial score (nSPS) is 11.7. The van der Waals surface area contributed by atoms with Gasteiger partial charge in [-0.15, -0.1) is 11.3 Å². The molecule has 1 aromatic heterocycles. The number of thiophene rings is 1. The van der Waals surface area contributed by atoms with Crippen molar-refractivity contribution in [2.75, 3.05) is 14.2 Å². The van der Waals surface area contributed by atoms with Crippen LogP contribution in [0.4, 0.5) is 0 Å². The molecule has 0 saturated heterocycles. The molecule has 0 radical (unpaired) electrons. The average molecular weight is 416 g/mol. The van der Waals surface area contributed by atoms with E-state index in [9.17, 15) is 4.79 Å². The molecule has 0 aliphatic heterocycles. The maximum absolute atomic E-state index is 12.7. The predicted octanol–water partition coefficient (Wildman–Crippen LogP) is 5.26. The van der Waals surface area contributed by atoms with Crippen LogP contribution in [0.1, 0.15) is 28.5 Å². The molecule has 2 aromatic carbocycles. The number of benzene rings is 2. The molecule has 1 amide bonds. The zero-order valence-corrected chi connectivity index (χ0v) is 17.3.